The molecule has 10 aromatic rings. The first-order chi connectivity index (χ1) is 33.1. The standard InChI is InChI=1S/C65H58O2/c1-5-37-65(38-6-2)59-41-45(63-55-21-13-9-17-51(55)61(52-18-10-14-22-56(52)63)43-25-31-47(32-26-43)66-39-7-3)29-35-49(59)50-36-30-46(42-60(50)65)64-57-23-15-11-19-53(57)62(54-20-12-16-24-58(54)64)44-27-33-48(34-28-44)67-40-8-4/h9-36,41-42H,5-8,37-40H2,1-4H3. The van der Waals surface area contributed by atoms with Crippen LogP contribution in [0.25, 0.3) is 98.7 Å². The zero-order chi connectivity index (χ0) is 45.5. The minimum atomic E-state index is -0.125. The van der Waals surface area contributed by atoms with E-state index in [-0.39, 0.29) is 5.41 Å². The zero-order valence-electron chi connectivity index (χ0n) is 39.3. The molecule has 0 atom stereocenters. The van der Waals surface area contributed by atoms with Crippen LogP contribution >= 0.6 is 0 Å². The van der Waals surface area contributed by atoms with Crippen molar-refractivity contribution in [2.24, 2.45) is 0 Å². The van der Waals surface area contributed by atoms with E-state index in [2.05, 4.69) is 210 Å². The Bertz CT molecular complexity index is 3100. The quantitative estimate of drug-likeness (QED) is 0.101. The van der Waals surface area contributed by atoms with E-state index in [1.807, 2.05) is 0 Å². The Morgan fingerprint density at radius 3 is 0.881 bits per heavy atom. The van der Waals surface area contributed by atoms with Crippen LogP contribution in [0.5, 0.6) is 11.5 Å². The molecule has 0 heterocycles. The number of ether oxygens (including phenoxy) is 2. The lowest BCUT2D eigenvalue weighted by atomic mass is 9.70. The van der Waals surface area contributed by atoms with Gasteiger partial charge in [-0.25, -0.2) is 0 Å². The molecule has 1 aliphatic rings. The van der Waals surface area contributed by atoms with Crippen molar-refractivity contribution in [3.05, 3.63) is 193 Å². The molecule has 0 saturated heterocycles. The van der Waals surface area contributed by atoms with Gasteiger partial charge >= 0.3 is 0 Å². The molecular formula is C65H58O2. The topological polar surface area (TPSA) is 18.5 Å². The summed E-state index contributed by atoms with van der Waals surface area (Å²) in [6.07, 6.45) is 6.34. The second-order valence-corrected chi connectivity index (χ2v) is 18.5. The highest BCUT2D eigenvalue weighted by atomic mass is 16.5. The highest BCUT2D eigenvalue weighted by molar-refractivity contribution is 6.23. The maximum atomic E-state index is 6.00. The third-order valence-electron chi connectivity index (χ3n) is 14.4. The predicted molar refractivity (Wildman–Crippen MR) is 286 cm³/mol. The fourth-order valence-electron chi connectivity index (χ4n) is 11.7. The third-order valence-corrected chi connectivity index (χ3v) is 14.4. The summed E-state index contributed by atoms with van der Waals surface area (Å²) in [6.45, 7) is 10.5. The first-order valence-corrected chi connectivity index (χ1v) is 24.7. The molecule has 67 heavy (non-hydrogen) atoms. The first kappa shape index (κ1) is 42.5. The van der Waals surface area contributed by atoms with Crippen molar-refractivity contribution in [1.29, 1.82) is 0 Å². The van der Waals surface area contributed by atoms with Crippen LogP contribution in [0.2, 0.25) is 0 Å². The lowest BCUT2D eigenvalue weighted by molar-refractivity contribution is 0.317. The van der Waals surface area contributed by atoms with Crippen LogP contribution in [-0.4, -0.2) is 13.2 Å². The van der Waals surface area contributed by atoms with Crippen LogP contribution in [0.15, 0.2) is 182 Å². The molecular weight excluding hydrogens is 813 g/mol. The Morgan fingerprint density at radius 1 is 0.313 bits per heavy atom. The second kappa shape index (κ2) is 17.9. The molecule has 0 fully saturated rings. The van der Waals surface area contributed by atoms with Gasteiger partial charge in [-0.15, -0.1) is 0 Å². The van der Waals surface area contributed by atoms with E-state index in [0.29, 0.717) is 0 Å². The number of rotatable bonds is 14. The lowest BCUT2D eigenvalue weighted by Gasteiger charge is -2.33. The van der Waals surface area contributed by atoms with Crippen molar-refractivity contribution < 1.29 is 9.47 Å². The van der Waals surface area contributed by atoms with Crippen LogP contribution in [-0.2, 0) is 5.41 Å². The fraction of sp³-hybridized carbons (Fsp3) is 0.200. The lowest BCUT2D eigenvalue weighted by Crippen LogP contribution is -2.25. The zero-order valence-corrected chi connectivity index (χ0v) is 39.3. The van der Waals surface area contributed by atoms with Crippen molar-refractivity contribution in [3.63, 3.8) is 0 Å². The van der Waals surface area contributed by atoms with Crippen LogP contribution in [0.1, 0.15) is 77.3 Å². The molecule has 0 radical (unpaired) electrons. The summed E-state index contributed by atoms with van der Waals surface area (Å²) < 4.78 is 12.0. The second-order valence-electron chi connectivity index (χ2n) is 18.5. The van der Waals surface area contributed by atoms with E-state index < -0.39 is 0 Å². The highest BCUT2D eigenvalue weighted by Crippen LogP contribution is 2.57. The Balaban J connectivity index is 1.08. The smallest absolute Gasteiger partial charge is 0.119 e. The maximum Gasteiger partial charge on any atom is 0.119 e. The molecule has 0 aliphatic heterocycles. The summed E-state index contributed by atoms with van der Waals surface area (Å²) in [4.78, 5) is 0. The van der Waals surface area contributed by atoms with Crippen molar-refractivity contribution >= 4 is 43.1 Å². The van der Waals surface area contributed by atoms with Crippen molar-refractivity contribution in [1.82, 2.24) is 0 Å². The Labute approximate surface area is 395 Å². The number of hydrogen-bond donors (Lipinski definition) is 0. The minimum Gasteiger partial charge on any atom is -0.494 e. The molecule has 0 unspecified atom stereocenters. The van der Waals surface area contributed by atoms with Gasteiger partial charge in [0.05, 0.1) is 13.2 Å². The normalized spacial score (nSPS) is 12.8. The summed E-state index contributed by atoms with van der Waals surface area (Å²) in [7, 11) is 0. The molecule has 0 saturated carbocycles. The predicted octanol–water partition coefficient (Wildman–Crippen LogP) is 18.4. The number of benzene rings is 10. The van der Waals surface area contributed by atoms with Gasteiger partial charge in [0.2, 0.25) is 0 Å². The van der Waals surface area contributed by atoms with Gasteiger partial charge in [0, 0.05) is 5.41 Å². The van der Waals surface area contributed by atoms with Crippen LogP contribution in [0.4, 0.5) is 0 Å². The molecule has 330 valence electrons. The van der Waals surface area contributed by atoms with Gasteiger partial charge in [-0.1, -0.05) is 186 Å². The molecule has 11 rings (SSSR count). The third kappa shape index (κ3) is 7.17. The van der Waals surface area contributed by atoms with Crippen LogP contribution < -0.4 is 9.47 Å². The summed E-state index contributed by atoms with van der Waals surface area (Å²) >= 11 is 0. The molecule has 0 bridgehead atoms. The number of fused-ring (bicyclic) bond motifs is 7. The molecule has 10 aromatic carbocycles. The molecule has 2 heteroatoms. The van der Waals surface area contributed by atoms with Gasteiger partial charge in [0.1, 0.15) is 11.5 Å². The van der Waals surface area contributed by atoms with E-state index >= 15 is 0 Å². The monoisotopic (exact) mass is 870 g/mol. The largest absolute Gasteiger partial charge is 0.494 e. The van der Waals surface area contributed by atoms with E-state index in [1.165, 1.54) is 110 Å². The van der Waals surface area contributed by atoms with Crippen molar-refractivity contribution in [3.8, 4) is 67.1 Å². The molecule has 1 aliphatic carbocycles. The average molecular weight is 871 g/mol. The Morgan fingerprint density at radius 2 is 0.597 bits per heavy atom. The van der Waals surface area contributed by atoms with Crippen molar-refractivity contribution in [2.45, 2.75) is 71.6 Å². The van der Waals surface area contributed by atoms with E-state index in [0.717, 1.165) is 63.2 Å². The summed E-state index contributed by atoms with van der Waals surface area (Å²) in [6, 6.07) is 68.4. The van der Waals surface area contributed by atoms with Crippen molar-refractivity contribution in [2.75, 3.05) is 13.2 Å². The van der Waals surface area contributed by atoms with Gasteiger partial charge in [-0.05, 0) is 172 Å². The van der Waals surface area contributed by atoms with E-state index in [9.17, 15) is 0 Å². The summed E-state index contributed by atoms with van der Waals surface area (Å²) in [5, 5.41) is 10.2. The van der Waals surface area contributed by atoms with E-state index in [4.69, 9.17) is 9.47 Å². The summed E-state index contributed by atoms with van der Waals surface area (Å²) in [5.41, 5.74) is 15.7. The molecule has 0 amide bonds. The molecule has 0 aromatic heterocycles. The van der Waals surface area contributed by atoms with Gasteiger partial charge in [-0.3, -0.25) is 0 Å². The van der Waals surface area contributed by atoms with Gasteiger partial charge in [-0.2, -0.15) is 0 Å². The molecule has 0 N–H and O–H groups in total. The number of hydrogen-bond acceptors (Lipinski definition) is 2. The maximum absolute atomic E-state index is 6.00. The van der Waals surface area contributed by atoms with Crippen LogP contribution in [0.3, 0.4) is 0 Å². The van der Waals surface area contributed by atoms with Gasteiger partial charge in [0.25, 0.3) is 0 Å². The minimum absolute atomic E-state index is 0.125. The SMILES string of the molecule is CCCOc1ccc(-c2c3ccccc3c(-c3ccc4c(c3)C(CCC)(CCC)c3cc(-c5c6ccccc6c(-c6ccc(OCCC)cc6)c6ccccc56)ccc3-4)c3ccccc23)cc1. The highest BCUT2D eigenvalue weighted by Gasteiger charge is 2.42. The summed E-state index contributed by atoms with van der Waals surface area (Å²) in [5.74, 6) is 1.83. The Hall–Kier alpha value is -7.16. The fourth-order valence-corrected chi connectivity index (χ4v) is 11.7. The van der Waals surface area contributed by atoms with Gasteiger partial charge in [0.15, 0.2) is 0 Å². The first-order valence-electron chi connectivity index (χ1n) is 24.7. The molecule has 2 nitrogen and oxygen atoms in total. The Kier molecular flexibility index (Phi) is 11.4. The van der Waals surface area contributed by atoms with Gasteiger partial charge < -0.3 is 9.47 Å². The average Bonchev–Trinajstić information content (AvgIpc) is 3.63. The van der Waals surface area contributed by atoms with E-state index in [1.54, 1.807) is 0 Å². The van der Waals surface area contributed by atoms with Crippen LogP contribution in [0, 0.1) is 0 Å². The molecule has 0 spiro atoms.